The van der Waals surface area contributed by atoms with E-state index >= 15 is 0 Å². The zero-order valence-corrected chi connectivity index (χ0v) is 11.8. The van der Waals surface area contributed by atoms with Crippen molar-refractivity contribution in [1.82, 2.24) is 4.72 Å². The quantitative estimate of drug-likeness (QED) is 0.885. The molecule has 0 saturated carbocycles. The average molecular weight is 269 g/mol. The average Bonchev–Trinajstić information content (AvgIpc) is 2.22. The summed E-state index contributed by atoms with van der Waals surface area (Å²) in [5.74, 6) is -0.497. The fourth-order valence-corrected chi connectivity index (χ4v) is 2.75. The molecule has 1 aromatic rings. The van der Waals surface area contributed by atoms with Gasteiger partial charge in [-0.25, -0.2) is 8.42 Å². The zero-order valence-electron chi connectivity index (χ0n) is 11.0. The normalized spacial score (nSPS) is 11.3. The van der Waals surface area contributed by atoms with Gasteiger partial charge in [0.2, 0.25) is 15.9 Å². The summed E-state index contributed by atoms with van der Waals surface area (Å²) in [7, 11) is -3.47. The third-order valence-electron chi connectivity index (χ3n) is 2.60. The Kier molecular flexibility index (Phi) is 4.90. The van der Waals surface area contributed by atoms with E-state index in [1.165, 1.54) is 0 Å². The number of carbonyl (C=O) groups excluding carboxylic acids is 1. The van der Waals surface area contributed by atoms with Crippen LogP contribution in [-0.4, -0.2) is 20.1 Å². The van der Waals surface area contributed by atoms with Gasteiger partial charge in [-0.15, -0.1) is 0 Å². The molecule has 0 atom stereocenters. The van der Waals surface area contributed by atoms with Crippen LogP contribution in [0, 0.1) is 13.8 Å². The highest BCUT2D eigenvalue weighted by Gasteiger charge is 2.14. The van der Waals surface area contributed by atoms with E-state index in [0.717, 1.165) is 16.7 Å². The van der Waals surface area contributed by atoms with Crippen molar-refractivity contribution in [2.24, 2.45) is 0 Å². The summed E-state index contributed by atoms with van der Waals surface area (Å²) in [4.78, 5) is 11.7. The summed E-state index contributed by atoms with van der Waals surface area (Å²) in [6, 6.07) is 5.80. The number of sulfonamides is 1. The highest BCUT2D eigenvalue weighted by atomic mass is 32.2. The molecule has 5 heteroatoms. The summed E-state index contributed by atoms with van der Waals surface area (Å²) < 4.78 is 25.0. The smallest absolute Gasteiger partial charge is 0.237 e. The first kappa shape index (κ1) is 14.7. The Bertz CT molecular complexity index is 535. The highest BCUT2D eigenvalue weighted by Crippen LogP contribution is 2.11. The van der Waals surface area contributed by atoms with Gasteiger partial charge < -0.3 is 0 Å². The monoisotopic (exact) mass is 269 g/mol. The van der Waals surface area contributed by atoms with Gasteiger partial charge in [0.05, 0.1) is 12.2 Å². The molecule has 1 aromatic carbocycles. The van der Waals surface area contributed by atoms with Crippen LogP contribution in [0.15, 0.2) is 18.2 Å². The van der Waals surface area contributed by atoms with Crippen LogP contribution in [-0.2, 0) is 21.2 Å². The van der Waals surface area contributed by atoms with E-state index in [1.807, 2.05) is 32.0 Å². The van der Waals surface area contributed by atoms with E-state index in [9.17, 15) is 13.2 Å². The molecule has 100 valence electrons. The number of benzene rings is 1. The van der Waals surface area contributed by atoms with Crippen LogP contribution in [0.25, 0.3) is 0 Å². The largest absolute Gasteiger partial charge is 0.274 e. The number of hydrogen-bond donors (Lipinski definition) is 1. The number of rotatable bonds is 5. The van der Waals surface area contributed by atoms with Gasteiger partial charge in [-0.1, -0.05) is 30.7 Å². The summed E-state index contributed by atoms with van der Waals surface area (Å²) in [6.07, 6.45) is 0.586. The predicted molar refractivity (Wildman–Crippen MR) is 71.8 cm³/mol. The molecular formula is C13H19NO3S. The summed E-state index contributed by atoms with van der Waals surface area (Å²) >= 11 is 0. The first-order valence-electron chi connectivity index (χ1n) is 5.93. The zero-order chi connectivity index (χ0) is 13.8. The second kappa shape index (κ2) is 6.00. The minimum Gasteiger partial charge on any atom is -0.274 e. The molecule has 18 heavy (non-hydrogen) atoms. The van der Waals surface area contributed by atoms with Gasteiger partial charge in [-0.2, -0.15) is 0 Å². The molecule has 0 aromatic heterocycles. The number of hydrogen-bond acceptors (Lipinski definition) is 3. The third kappa shape index (κ3) is 4.49. The van der Waals surface area contributed by atoms with Crippen molar-refractivity contribution >= 4 is 15.9 Å². The van der Waals surface area contributed by atoms with Crippen molar-refractivity contribution in [3.63, 3.8) is 0 Å². The standard InChI is InChI=1S/C13H19NO3S/c1-4-7-18(16,17)14-13(15)9-12-8-10(2)5-6-11(12)3/h5-6,8H,4,7,9H2,1-3H3,(H,14,15). The second-order valence-electron chi connectivity index (χ2n) is 4.45. The van der Waals surface area contributed by atoms with E-state index in [4.69, 9.17) is 0 Å². The van der Waals surface area contributed by atoms with Crippen LogP contribution >= 0.6 is 0 Å². The number of nitrogens with one attached hydrogen (secondary N) is 1. The molecule has 0 spiro atoms. The number of amides is 1. The molecule has 0 heterocycles. The third-order valence-corrected chi connectivity index (χ3v) is 4.08. The first-order chi connectivity index (χ1) is 8.34. The molecule has 1 amide bonds. The molecule has 0 aliphatic carbocycles. The van der Waals surface area contributed by atoms with Crippen molar-refractivity contribution in [3.05, 3.63) is 34.9 Å². The minimum atomic E-state index is -3.47. The second-order valence-corrected chi connectivity index (χ2v) is 6.29. The number of aryl methyl sites for hydroxylation is 2. The van der Waals surface area contributed by atoms with Gasteiger partial charge in [0.1, 0.15) is 0 Å². The van der Waals surface area contributed by atoms with Gasteiger partial charge in [-0.05, 0) is 31.4 Å². The Balaban J connectivity index is 2.74. The van der Waals surface area contributed by atoms with Gasteiger partial charge in [-0.3, -0.25) is 9.52 Å². The lowest BCUT2D eigenvalue weighted by Gasteiger charge is -2.08. The Morgan fingerprint density at radius 1 is 1.28 bits per heavy atom. The SMILES string of the molecule is CCCS(=O)(=O)NC(=O)Cc1cc(C)ccc1C. The first-order valence-corrected chi connectivity index (χ1v) is 7.58. The van der Waals surface area contributed by atoms with E-state index in [2.05, 4.69) is 4.72 Å². The highest BCUT2D eigenvalue weighted by molar-refractivity contribution is 7.90. The Labute approximate surface area is 108 Å². The Morgan fingerprint density at radius 3 is 2.56 bits per heavy atom. The van der Waals surface area contributed by atoms with Crippen molar-refractivity contribution < 1.29 is 13.2 Å². The van der Waals surface area contributed by atoms with Crippen LogP contribution < -0.4 is 4.72 Å². The molecule has 0 fully saturated rings. The van der Waals surface area contributed by atoms with Crippen LogP contribution in [0.3, 0.4) is 0 Å². The summed E-state index contributed by atoms with van der Waals surface area (Å²) in [5.41, 5.74) is 2.91. The van der Waals surface area contributed by atoms with Crippen molar-refractivity contribution in [1.29, 1.82) is 0 Å². The van der Waals surface area contributed by atoms with E-state index in [0.29, 0.717) is 6.42 Å². The lowest BCUT2D eigenvalue weighted by atomic mass is 10.0. The van der Waals surface area contributed by atoms with Crippen molar-refractivity contribution in [3.8, 4) is 0 Å². The topological polar surface area (TPSA) is 63.2 Å². The Morgan fingerprint density at radius 2 is 1.94 bits per heavy atom. The molecule has 1 N–H and O–H groups in total. The fourth-order valence-electron chi connectivity index (χ4n) is 1.69. The maximum Gasteiger partial charge on any atom is 0.237 e. The van der Waals surface area contributed by atoms with Crippen LogP contribution in [0.4, 0.5) is 0 Å². The van der Waals surface area contributed by atoms with Crippen LogP contribution in [0.1, 0.15) is 30.0 Å². The molecule has 0 aliphatic rings. The van der Waals surface area contributed by atoms with Gasteiger partial charge >= 0.3 is 0 Å². The lowest BCUT2D eigenvalue weighted by molar-refractivity contribution is -0.118. The Hall–Kier alpha value is -1.36. The molecular weight excluding hydrogens is 250 g/mol. The van der Waals surface area contributed by atoms with E-state index in [1.54, 1.807) is 6.92 Å². The molecule has 0 bridgehead atoms. The maximum atomic E-state index is 11.7. The van der Waals surface area contributed by atoms with Gasteiger partial charge in [0.15, 0.2) is 0 Å². The predicted octanol–water partition coefficient (Wildman–Crippen LogP) is 1.70. The minimum absolute atomic E-state index is 0.0223. The van der Waals surface area contributed by atoms with Gasteiger partial charge in [0, 0.05) is 0 Å². The van der Waals surface area contributed by atoms with Crippen molar-refractivity contribution in [2.45, 2.75) is 33.6 Å². The summed E-state index contributed by atoms with van der Waals surface area (Å²) in [6.45, 7) is 5.60. The van der Waals surface area contributed by atoms with Gasteiger partial charge in [0.25, 0.3) is 0 Å². The molecule has 0 radical (unpaired) electrons. The fraction of sp³-hybridized carbons (Fsp3) is 0.462. The van der Waals surface area contributed by atoms with Crippen LogP contribution in [0.2, 0.25) is 0 Å². The van der Waals surface area contributed by atoms with Crippen molar-refractivity contribution in [2.75, 3.05) is 5.75 Å². The van der Waals surface area contributed by atoms with Crippen LogP contribution in [0.5, 0.6) is 0 Å². The molecule has 0 unspecified atom stereocenters. The molecule has 0 saturated heterocycles. The lowest BCUT2D eigenvalue weighted by Crippen LogP contribution is -2.33. The molecule has 0 aliphatic heterocycles. The van der Waals surface area contributed by atoms with E-state index in [-0.39, 0.29) is 12.2 Å². The summed E-state index contributed by atoms with van der Waals surface area (Å²) in [5, 5.41) is 0. The maximum absolute atomic E-state index is 11.7. The molecule has 4 nitrogen and oxygen atoms in total. The van der Waals surface area contributed by atoms with E-state index < -0.39 is 15.9 Å². The number of carbonyl (C=O) groups is 1. The molecule has 1 rings (SSSR count).